The molecule has 1 aliphatic rings. The molecule has 0 radical (unpaired) electrons. The monoisotopic (exact) mass is 211 g/mol. The number of β-amino-alcohol motifs (C(OH)–C–C–N with tert-alkyl or cyclic N) is 1. The summed E-state index contributed by atoms with van der Waals surface area (Å²) in [5.74, 6) is 0. The minimum Gasteiger partial charge on any atom is -0.391 e. The fourth-order valence-electron chi connectivity index (χ4n) is 1.98. The van der Waals surface area contributed by atoms with Crippen molar-refractivity contribution >= 4 is 11.3 Å². The van der Waals surface area contributed by atoms with Crippen LogP contribution in [0.5, 0.6) is 0 Å². The molecule has 0 amide bonds. The fraction of sp³-hybridized carbons (Fsp3) is 0.636. The molecule has 0 spiro atoms. The maximum atomic E-state index is 9.82. The van der Waals surface area contributed by atoms with Crippen LogP contribution in [0.25, 0.3) is 0 Å². The Balaban J connectivity index is 1.96. The number of aliphatic hydroxyl groups excluding tert-OH is 1. The largest absolute Gasteiger partial charge is 0.391 e. The van der Waals surface area contributed by atoms with E-state index >= 15 is 0 Å². The van der Waals surface area contributed by atoms with Crippen molar-refractivity contribution in [1.82, 2.24) is 4.90 Å². The van der Waals surface area contributed by atoms with Gasteiger partial charge >= 0.3 is 0 Å². The van der Waals surface area contributed by atoms with Gasteiger partial charge in [-0.3, -0.25) is 4.90 Å². The molecule has 2 nitrogen and oxygen atoms in total. The topological polar surface area (TPSA) is 23.5 Å². The number of thiophene rings is 1. The van der Waals surface area contributed by atoms with Gasteiger partial charge in [-0.25, -0.2) is 0 Å². The van der Waals surface area contributed by atoms with Crippen molar-refractivity contribution in [3.63, 3.8) is 0 Å². The number of hydrogen-bond donors (Lipinski definition) is 1. The van der Waals surface area contributed by atoms with Gasteiger partial charge in [0.05, 0.1) is 6.10 Å². The van der Waals surface area contributed by atoms with Crippen LogP contribution < -0.4 is 0 Å². The van der Waals surface area contributed by atoms with Crippen LogP contribution in [0.1, 0.15) is 18.7 Å². The molecular formula is C11H17NOS. The summed E-state index contributed by atoms with van der Waals surface area (Å²) < 4.78 is 0. The summed E-state index contributed by atoms with van der Waals surface area (Å²) >= 11 is 1.79. The molecule has 1 N–H and O–H groups in total. The van der Waals surface area contributed by atoms with Crippen LogP contribution in [0.4, 0.5) is 0 Å². The Morgan fingerprint density at radius 2 is 2.43 bits per heavy atom. The smallest absolute Gasteiger partial charge is 0.0730 e. The van der Waals surface area contributed by atoms with Crippen LogP contribution in [0, 0.1) is 5.41 Å². The highest BCUT2D eigenvalue weighted by atomic mass is 32.1. The van der Waals surface area contributed by atoms with E-state index in [0.29, 0.717) is 0 Å². The van der Waals surface area contributed by atoms with Gasteiger partial charge in [0, 0.05) is 29.9 Å². The summed E-state index contributed by atoms with van der Waals surface area (Å²) in [6.07, 6.45) is -0.178. The van der Waals surface area contributed by atoms with E-state index in [1.165, 1.54) is 4.88 Å². The second kappa shape index (κ2) is 3.65. The summed E-state index contributed by atoms with van der Waals surface area (Å²) in [6, 6.07) is 4.24. The Labute approximate surface area is 89.2 Å². The van der Waals surface area contributed by atoms with Crippen molar-refractivity contribution in [2.75, 3.05) is 13.1 Å². The van der Waals surface area contributed by atoms with E-state index in [-0.39, 0.29) is 11.5 Å². The number of nitrogens with zero attached hydrogens (tertiary/aromatic N) is 1. The zero-order valence-electron chi connectivity index (χ0n) is 8.73. The number of likely N-dealkylation sites (tertiary alicyclic amines) is 1. The molecule has 1 atom stereocenters. The first-order chi connectivity index (χ1) is 6.58. The summed E-state index contributed by atoms with van der Waals surface area (Å²) in [5, 5.41) is 11.9. The average molecular weight is 211 g/mol. The molecular weight excluding hydrogens is 194 g/mol. The molecule has 1 aromatic rings. The molecule has 1 saturated heterocycles. The van der Waals surface area contributed by atoms with Gasteiger partial charge in [-0.05, 0) is 11.4 Å². The Bertz CT molecular complexity index is 294. The van der Waals surface area contributed by atoms with Gasteiger partial charge in [0.25, 0.3) is 0 Å². The molecule has 14 heavy (non-hydrogen) atoms. The first-order valence-electron chi connectivity index (χ1n) is 5.01. The maximum absolute atomic E-state index is 9.82. The minimum absolute atomic E-state index is 0.0528. The Morgan fingerprint density at radius 3 is 2.93 bits per heavy atom. The van der Waals surface area contributed by atoms with E-state index in [4.69, 9.17) is 0 Å². The molecule has 0 saturated carbocycles. The normalized spacial score (nSPS) is 26.9. The third-order valence-electron chi connectivity index (χ3n) is 2.92. The lowest BCUT2D eigenvalue weighted by atomic mass is 9.90. The molecule has 2 heterocycles. The molecule has 1 aromatic heterocycles. The summed E-state index contributed by atoms with van der Waals surface area (Å²) in [6.45, 7) is 7.05. The molecule has 1 aliphatic heterocycles. The van der Waals surface area contributed by atoms with Crippen molar-refractivity contribution in [2.24, 2.45) is 5.41 Å². The van der Waals surface area contributed by atoms with Gasteiger partial charge in [0.2, 0.25) is 0 Å². The van der Waals surface area contributed by atoms with Crippen molar-refractivity contribution < 1.29 is 5.11 Å². The molecule has 0 unspecified atom stereocenters. The van der Waals surface area contributed by atoms with Gasteiger partial charge in [-0.2, -0.15) is 0 Å². The van der Waals surface area contributed by atoms with Crippen molar-refractivity contribution in [3.05, 3.63) is 22.4 Å². The predicted molar refractivity (Wildman–Crippen MR) is 59.4 cm³/mol. The Morgan fingerprint density at radius 1 is 1.64 bits per heavy atom. The SMILES string of the molecule is CC1(C)CN(Cc2cccs2)C[C@@H]1O. The van der Waals surface area contributed by atoms with Crippen LogP contribution in [0.2, 0.25) is 0 Å². The Kier molecular flexibility index (Phi) is 2.64. The highest BCUT2D eigenvalue weighted by molar-refractivity contribution is 7.09. The quantitative estimate of drug-likeness (QED) is 0.808. The van der Waals surface area contributed by atoms with E-state index in [1.807, 2.05) is 0 Å². The number of hydrogen-bond acceptors (Lipinski definition) is 3. The van der Waals surface area contributed by atoms with Crippen LogP contribution in [-0.4, -0.2) is 29.2 Å². The summed E-state index contributed by atoms with van der Waals surface area (Å²) in [5.41, 5.74) is 0.0528. The van der Waals surface area contributed by atoms with Crippen molar-refractivity contribution in [3.8, 4) is 0 Å². The highest BCUT2D eigenvalue weighted by Crippen LogP contribution is 2.30. The van der Waals surface area contributed by atoms with E-state index < -0.39 is 0 Å². The fourth-order valence-corrected chi connectivity index (χ4v) is 2.73. The molecule has 78 valence electrons. The van der Waals surface area contributed by atoms with Gasteiger partial charge in [-0.1, -0.05) is 19.9 Å². The number of aliphatic hydroxyl groups is 1. The van der Waals surface area contributed by atoms with Gasteiger partial charge in [0.15, 0.2) is 0 Å². The predicted octanol–water partition coefficient (Wildman–Crippen LogP) is 1.95. The molecule has 2 rings (SSSR count). The highest BCUT2D eigenvalue weighted by Gasteiger charge is 2.37. The average Bonchev–Trinajstić information content (AvgIpc) is 2.62. The van der Waals surface area contributed by atoms with E-state index in [1.54, 1.807) is 11.3 Å². The second-order valence-corrected chi connectivity index (χ2v) is 5.79. The lowest BCUT2D eigenvalue weighted by Crippen LogP contribution is -2.26. The molecule has 0 aromatic carbocycles. The molecule has 1 fully saturated rings. The maximum Gasteiger partial charge on any atom is 0.0730 e. The third-order valence-corrected chi connectivity index (χ3v) is 3.79. The van der Waals surface area contributed by atoms with Gasteiger partial charge in [-0.15, -0.1) is 11.3 Å². The first-order valence-corrected chi connectivity index (χ1v) is 5.89. The van der Waals surface area contributed by atoms with Gasteiger partial charge in [0.1, 0.15) is 0 Å². The molecule has 0 bridgehead atoms. The molecule has 0 aliphatic carbocycles. The van der Waals surface area contributed by atoms with Crippen LogP contribution in [-0.2, 0) is 6.54 Å². The zero-order valence-corrected chi connectivity index (χ0v) is 9.55. The van der Waals surface area contributed by atoms with Crippen LogP contribution in [0.3, 0.4) is 0 Å². The zero-order chi connectivity index (χ0) is 10.2. The van der Waals surface area contributed by atoms with Crippen LogP contribution >= 0.6 is 11.3 Å². The number of rotatable bonds is 2. The standard InChI is InChI=1S/C11H17NOS/c1-11(2)8-12(7-10(11)13)6-9-4-3-5-14-9/h3-5,10,13H,6-8H2,1-2H3/t10-/m0/s1. The Hall–Kier alpha value is -0.380. The lowest BCUT2D eigenvalue weighted by Gasteiger charge is -2.20. The van der Waals surface area contributed by atoms with Crippen molar-refractivity contribution in [2.45, 2.75) is 26.5 Å². The first kappa shape index (κ1) is 10.1. The second-order valence-electron chi connectivity index (χ2n) is 4.75. The lowest BCUT2D eigenvalue weighted by molar-refractivity contribution is 0.0955. The third kappa shape index (κ3) is 2.00. The minimum atomic E-state index is -0.178. The van der Waals surface area contributed by atoms with Gasteiger partial charge < -0.3 is 5.11 Å². The van der Waals surface area contributed by atoms with Crippen molar-refractivity contribution in [1.29, 1.82) is 0 Å². The van der Waals surface area contributed by atoms with E-state index in [0.717, 1.165) is 19.6 Å². The summed E-state index contributed by atoms with van der Waals surface area (Å²) in [4.78, 5) is 3.71. The van der Waals surface area contributed by atoms with Crippen LogP contribution in [0.15, 0.2) is 17.5 Å². The van der Waals surface area contributed by atoms with E-state index in [9.17, 15) is 5.11 Å². The molecule has 3 heteroatoms. The summed E-state index contributed by atoms with van der Waals surface area (Å²) in [7, 11) is 0. The van der Waals surface area contributed by atoms with E-state index in [2.05, 4.69) is 36.3 Å².